The first kappa shape index (κ1) is 17.0. The van der Waals surface area contributed by atoms with E-state index in [1.54, 1.807) is 36.2 Å². The van der Waals surface area contributed by atoms with Crippen LogP contribution in [-0.4, -0.2) is 36.9 Å². The van der Waals surface area contributed by atoms with Crippen molar-refractivity contribution < 1.29 is 9.59 Å². The molecule has 2 aromatic carbocycles. The third-order valence-corrected chi connectivity index (χ3v) is 4.61. The Bertz CT molecular complexity index is 765. The van der Waals surface area contributed by atoms with E-state index >= 15 is 0 Å². The van der Waals surface area contributed by atoms with Crippen LogP contribution >= 0.6 is 0 Å². The number of carbonyl (C=O) groups is 2. The van der Waals surface area contributed by atoms with Crippen molar-refractivity contribution in [2.75, 3.05) is 25.0 Å². The second kappa shape index (κ2) is 7.38. The van der Waals surface area contributed by atoms with Crippen LogP contribution in [0.3, 0.4) is 0 Å². The van der Waals surface area contributed by atoms with Gasteiger partial charge in [-0.1, -0.05) is 18.2 Å². The number of anilines is 1. The molecule has 0 unspecified atom stereocenters. The molecule has 0 bridgehead atoms. The summed E-state index contributed by atoms with van der Waals surface area (Å²) in [4.78, 5) is 27.9. The highest BCUT2D eigenvalue weighted by atomic mass is 16.2. The maximum atomic E-state index is 12.7. The SMILES string of the molecule is CN(Cc1ccccc1N1CCCC1)C(=O)c1ccc(C(N)=O)cc1. The van der Waals surface area contributed by atoms with E-state index in [9.17, 15) is 9.59 Å². The molecule has 25 heavy (non-hydrogen) atoms. The average molecular weight is 337 g/mol. The van der Waals surface area contributed by atoms with Gasteiger partial charge in [-0.25, -0.2) is 0 Å². The summed E-state index contributed by atoms with van der Waals surface area (Å²) in [6, 6.07) is 14.7. The van der Waals surface area contributed by atoms with Gasteiger partial charge in [0.1, 0.15) is 0 Å². The van der Waals surface area contributed by atoms with Crippen LogP contribution in [0.2, 0.25) is 0 Å². The fraction of sp³-hybridized carbons (Fsp3) is 0.300. The topological polar surface area (TPSA) is 66.6 Å². The number of nitrogens with zero attached hydrogens (tertiary/aromatic N) is 2. The number of hydrogen-bond donors (Lipinski definition) is 1. The van der Waals surface area contributed by atoms with Crippen molar-refractivity contribution in [2.24, 2.45) is 5.73 Å². The molecule has 0 aromatic heterocycles. The maximum Gasteiger partial charge on any atom is 0.253 e. The summed E-state index contributed by atoms with van der Waals surface area (Å²) in [5.74, 6) is -0.570. The molecule has 1 aliphatic rings. The molecule has 2 N–H and O–H groups in total. The van der Waals surface area contributed by atoms with Gasteiger partial charge in [0.15, 0.2) is 0 Å². The van der Waals surface area contributed by atoms with E-state index in [2.05, 4.69) is 17.0 Å². The highest BCUT2D eigenvalue weighted by Crippen LogP contribution is 2.25. The maximum absolute atomic E-state index is 12.7. The summed E-state index contributed by atoms with van der Waals surface area (Å²) in [6.45, 7) is 2.69. The Morgan fingerprint density at radius 3 is 2.24 bits per heavy atom. The molecule has 130 valence electrons. The second-order valence-corrected chi connectivity index (χ2v) is 6.43. The lowest BCUT2D eigenvalue weighted by molar-refractivity contribution is 0.0784. The van der Waals surface area contributed by atoms with Crippen LogP contribution in [0, 0.1) is 0 Å². The predicted octanol–water partition coefficient (Wildman–Crippen LogP) is 2.66. The highest BCUT2D eigenvalue weighted by Gasteiger charge is 2.18. The van der Waals surface area contributed by atoms with Crippen LogP contribution in [0.15, 0.2) is 48.5 Å². The van der Waals surface area contributed by atoms with Crippen molar-refractivity contribution in [3.63, 3.8) is 0 Å². The molecule has 1 aliphatic heterocycles. The summed E-state index contributed by atoms with van der Waals surface area (Å²) in [7, 11) is 1.80. The van der Waals surface area contributed by atoms with Crippen molar-refractivity contribution in [3.8, 4) is 0 Å². The minimum atomic E-state index is -0.494. The number of nitrogens with two attached hydrogens (primary N) is 1. The number of benzene rings is 2. The molecular weight excluding hydrogens is 314 g/mol. The number of rotatable bonds is 5. The minimum Gasteiger partial charge on any atom is -0.371 e. The second-order valence-electron chi connectivity index (χ2n) is 6.43. The van der Waals surface area contributed by atoms with Gasteiger partial charge in [-0.3, -0.25) is 9.59 Å². The van der Waals surface area contributed by atoms with Crippen molar-refractivity contribution in [1.82, 2.24) is 4.90 Å². The molecule has 0 spiro atoms. The predicted molar refractivity (Wildman–Crippen MR) is 98.6 cm³/mol. The summed E-state index contributed by atoms with van der Waals surface area (Å²) < 4.78 is 0. The van der Waals surface area contributed by atoms with E-state index in [0.717, 1.165) is 18.7 Å². The average Bonchev–Trinajstić information content (AvgIpc) is 3.16. The van der Waals surface area contributed by atoms with Gasteiger partial charge < -0.3 is 15.5 Å². The Labute approximate surface area is 148 Å². The Morgan fingerprint density at radius 1 is 1.00 bits per heavy atom. The standard InChI is InChI=1S/C20H23N3O2/c1-22(20(25)16-10-8-15(9-11-16)19(21)24)14-17-6-2-3-7-18(17)23-12-4-5-13-23/h2-3,6-11H,4-5,12-14H2,1H3,(H2,21,24). The smallest absolute Gasteiger partial charge is 0.253 e. The molecule has 0 atom stereocenters. The van der Waals surface area contributed by atoms with E-state index < -0.39 is 5.91 Å². The van der Waals surface area contributed by atoms with E-state index in [1.807, 2.05) is 12.1 Å². The van der Waals surface area contributed by atoms with Crippen LogP contribution in [0.1, 0.15) is 39.1 Å². The Hall–Kier alpha value is -2.82. The number of amides is 2. The van der Waals surface area contributed by atoms with Crippen LogP contribution in [-0.2, 0) is 6.54 Å². The zero-order valence-electron chi connectivity index (χ0n) is 14.4. The van der Waals surface area contributed by atoms with Gasteiger partial charge >= 0.3 is 0 Å². The van der Waals surface area contributed by atoms with Crippen LogP contribution in [0.5, 0.6) is 0 Å². The largest absolute Gasteiger partial charge is 0.371 e. The molecule has 1 fully saturated rings. The third-order valence-electron chi connectivity index (χ3n) is 4.61. The Balaban J connectivity index is 1.74. The summed E-state index contributed by atoms with van der Waals surface area (Å²) in [5, 5.41) is 0. The first-order valence-corrected chi connectivity index (χ1v) is 8.54. The lowest BCUT2D eigenvalue weighted by Crippen LogP contribution is -2.28. The normalized spacial score (nSPS) is 13.7. The first-order valence-electron chi connectivity index (χ1n) is 8.54. The van der Waals surface area contributed by atoms with Gasteiger partial charge in [0.2, 0.25) is 5.91 Å². The van der Waals surface area contributed by atoms with Gasteiger partial charge in [-0.2, -0.15) is 0 Å². The van der Waals surface area contributed by atoms with E-state index in [0.29, 0.717) is 17.7 Å². The highest BCUT2D eigenvalue weighted by molar-refractivity contribution is 5.97. The van der Waals surface area contributed by atoms with Crippen molar-refractivity contribution in [3.05, 3.63) is 65.2 Å². The zero-order chi connectivity index (χ0) is 17.8. The summed E-state index contributed by atoms with van der Waals surface area (Å²) in [6.07, 6.45) is 2.44. The van der Waals surface area contributed by atoms with Crippen molar-refractivity contribution in [1.29, 1.82) is 0 Å². The zero-order valence-corrected chi connectivity index (χ0v) is 14.4. The van der Waals surface area contributed by atoms with Crippen LogP contribution in [0.25, 0.3) is 0 Å². The first-order chi connectivity index (χ1) is 12.1. The van der Waals surface area contributed by atoms with Gasteiger partial charge in [-0.05, 0) is 48.7 Å². The number of hydrogen-bond acceptors (Lipinski definition) is 3. The third kappa shape index (κ3) is 3.82. The monoisotopic (exact) mass is 337 g/mol. The van der Waals surface area contributed by atoms with Gasteiger partial charge in [-0.15, -0.1) is 0 Å². The molecule has 3 rings (SSSR count). The lowest BCUT2D eigenvalue weighted by Gasteiger charge is -2.24. The van der Waals surface area contributed by atoms with E-state index in [-0.39, 0.29) is 5.91 Å². The van der Waals surface area contributed by atoms with Crippen molar-refractivity contribution >= 4 is 17.5 Å². The summed E-state index contributed by atoms with van der Waals surface area (Å²) in [5.41, 5.74) is 8.55. The molecule has 2 aromatic rings. The Morgan fingerprint density at radius 2 is 1.60 bits per heavy atom. The fourth-order valence-electron chi connectivity index (χ4n) is 3.24. The molecular formula is C20H23N3O2. The number of primary amides is 1. The lowest BCUT2D eigenvalue weighted by atomic mass is 10.1. The number of carbonyl (C=O) groups excluding carboxylic acids is 2. The molecule has 1 heterocycles. The van der Waals surface area contributed by atoms with Crippen LogP contribution < -0.4 is 10.6 Å². The molecule has 5 heteroatoms. The van der Waals surface area contributed by atoms with E-state index in [1.165, 1.54) is 18.5 Å². The molecule has 0 aliphatic carbocycles. The van der Waals surface area contributed by atoms with Gasteiger partial charge in [0.05, 0.1) is 0 Å². The van der Waals surface area contributed by atoms with E-state index in [4.69, 9.17) is 5.73 Å². The summed E-state index contributed by atoms with van der Waals surface area (Å²) >= 11 is 0. The van der Waals surface area contributed by atoms with Crippen molar-refractivity contribution in [2.45, 2.75) is 19.4 Å². The molecule has 0 radical (unpaired) electrons. The Kier molecular flexibility index (Phi) is 5.03. The minimum absolute atomic E-state index is 0.0766. The van der Waals surface area contributed by atoms with Crippen LogP contribution in [0.4, 0.5) is 5.69 Å². The quantitative estimate of drug-likeness (QED) is 0.912. The molecule has 2 amide bonds. The number of para-hydroxylation sites is 1. The molecule has 0 saturated carbocycles. The fourth-order valence-corrected chi connectivity index (χ4v) is 3.24. The molecule has 1 saturated heterocycles. The van der Waals surface area contributed by atoms with Gasteiger partial charge in [0, 0.05) is 43.5 Å². The molecule has 5 nitrogen and oxygen atoms in total. The van der Waals surface area contributed by atoms with Gasteiger partial charge in [0.25, 0.3) is 5.91 Å².